The molecule has 248 valence electrons. The SMILES string of the molecule is CCC(Oc1ccc(C(C)(C)CC)cc1C)C(=O)Nc1ccc(N2N=C(N3CCCC3=O)C(Sc3ccc(C)cc3C)C2=O)c(Cl)c1. The van der Waals surface area contributed by atoms with Crippen molar-refractivity contribution in [2.75, 3.05) is 16.9 Å². The van der Waals surface area contributed by atoms with Crippen LogP contribution in [0.2, 0.25) is 5.02 Å². The molecule has 47 heavy (non-hydrogen) atoms. The molecule has 0 bridgehead atoms. The summed E-state index contributed by atoms with van der Waals surface area (Å²) in [5, 5.41) is 8.39. The number of aryl methyl sites for hydroxylation is 3. The number of carbonyl (C=O) groups is 3. The zero-order valence-corrected chi connectivity index (χ0v) is 29.7. The summed E-state index contributed by atoms with van der Waals surface area (Å²) in [7, 11) is 0. The molecule has 1 saturated heterocycles. The van der Waals surface area contributed by atoms with Crippen molar-refractivity contribution in [2.24, 2.45) is 5.10 Å². The third kappa shape index (κ3) is 7.36. The number of amides is 3. The van der Waals surface area contributed by atoms with Crippen molar-refractivity contribution in [3.63, 3.8) is 0 Å². The topological polar surface area (TPSA) is 91.3 Å². The first-order valence-electron chi connectivity index (χ1n) is 16.2. The van der Waals surface area contributed by atoms with E-state index in [1.165, 1.54) is 22.3 Å². The highest BCUT2D eigenvalue weighted by atomic mass is 35.5. The van der Waals surface area contributed by atoms with Crippen molar-refractivity contribution in [3.05, 3.63) is 81.9 Å². The van der Waals surface area contributed by atoms with Crippen molar-refractivity contribution in [1.29, 1.82) is 0 Å². The predicted octanol–water partition coefficient (Wildman–Crippen LogP) is 8.19. The lowest BCUT2D eigenvalue weighted by Crippen LogP contribution is -2.39. The van der Waals surface area contributed by atoms with Gasteiger partial charge in [-0.15, -0.1) is 16.9 Å². The van der Waals surface area contributed by atoms with Crippen molar-refractivity contribution in [3.8, 4) is 5.75 Å². The van der Waals surface area contributed by atoms with E-state index in [1.54, 1.807) is 23.1 Å². The first kappa shape index (κ1) is 34.5. The molecule has 10 heteroatoms. The van der Waals surface area contributed by atoms with Gasteiger partial charge in [-0.05, 0) is 92.5 Å². The second-order valence-electron chi connectivity index (χ2n) is 12.9. The smallest absolute Gasteiger partial charge is 0.268 e. The molecule has 2 aliphatic rings. The Kier molecular flexibility index (Phi) is 10.4. The first-order chi connectivity index (χ1) is 22.3. The number of hydrogen-bond acceptors (Lipinski definition) is 6. The van der Waals surface area contributed by atoms with Crippen LogP contribution in [0, 0.1) is 20.8 Å². The molecule has 3 amide bonds. The lowest BCUT2D eigenvalue weighted by molar-refractivity contribution is -0.124. The number of likely N-dealkylation sites (tertiary alicyclic amines) is 1. The third-order valence-electron chi connectivity index (χ3n) is 9.01. The van der Waals surface area contributed by atoms with E-state index >= 15 is 0 Å². The Morgan fingerprint density at radius 3 is 2.45 bits per heavy atom. The molecule has 3 aromatic carbocycles. The molecular formula is C37H43ClN4O4S. The zero-order chi connectivity index (χ0) is 34.0. The van der Waals surface area contributed by atoms with E-state index in [4.69, 9.17) is 16.3 Å². The van der Waals surface area contributed by atoms with Gasteiger partial charge in [0, 0.05) is 23.5 Å². The molecular weight excluding hydrogens is 632 g/mol. The average molecular weight is 675 g/mol. The number of hydrazone groups is 1. The molecule has 0 saturated carbocycles. The summed E-state index contributed by atoms with van der Waals surface area (Å²) in [6, 6.07) is 17.1. The number of nitrogens with one attached hydrogen (secondary N) is 1. The normalized spacial score (nSPS) is 17.3. The fourth-order valence-electron chi connectivity index (χ4n) is 5.71. The Morgan fingerprint density at radius 2 is 1.83 bits per heavy atom. The van der Waals surface area contributed by atoms with Gasteiger partial charge in [0.05, 0.1) is 10.7 Å². The molecule has 8 nitrogen and oxygen atoms in total. The summed E-state index contributed by atoms with van der Waals surface area (Å²) in [5.41, 5.74) is 5.27. The summed E-state index contributed by atoms with van der Waals surface area (Å²) in [6.45, 7) is 15.0. The number of anilines is 2. The Morgan fingerprint density at radius 1 is 1.06 bits per heavy atom. The molecule has 5 rings (SSSR count). The van der Waals surface area contributed by atoms with Gasteiger partial charge in [-0.25, -0.2) is 0 Å². The van der Waals surface area contributed by atoms with Gasteiger partial charge in [-0.2, -0.15) is 5.01 Å². The van der Waals surface area contributed by atoms with Gasteiger partial charge in [0.1, 0.15) is 5.75 Å². The van der Waals surface area contributed by atoms with Crippen LogP contribution in [0.3, 0.4) is 0 Å². The Bertz CT molecular complexity index is 1740. The van der Waals surface area contributed by atoms with E-state index in [0.29, 0.717) is 48.8 Å². The number of ether oxygens (including phenoxy) is 1. The summed E-state index contributed by atoms with van der Waals surface area (Å²) in [6.07, 6.45) is 1.90. The van der Waals surface area contributed by atoms with Gasteiger partial charge in [0.2, 0.25) is 5.91 Å². The number of thioether (sulfide) groups is 1. The number of benzene rings is 3. The summed E-state index contributed by atoms with van der Waals surface area (Å²) < 4.78 is 6.17. The predicted molar refractivity (Wildman–Crippen MR) is 191 cm³/mol. The van der Waals surface area contributed by atoms with Crippen molar-refractivity contribution in [1.82, 2.24) is 4.90 Å². The van der Waals surface area contributed by atoms with Crippen LogP contribution in [0.5, 0.6) is 5.75 Å². The molecule has 1 N–H and O–H groups in total. The van der Waals surface area contributed by atoms with Crippen molar-refractivity contribution >= 4 is 58.3 Å². The minimum absolute atomic E-state index is 0.0441. The summed E-state index contributed by atoms with van der Waals surface area (Å²) in [5.74, 6) is 0.454. The first-order valence-corrected chi connectivity index (χ1v) is 17.4. The van der Waals surface area contributed by atoms with Crippen LogP contribution in [0.1, 0.15) is 75.6 Å². The largest absolute Gasteiger partial charge is 0.480 e. The fraction of sp³-hybridized carbons (Fsp3) is 0.405. The second-order valence-corrected chi connectivity index (χ2v) is 14.5. The number of carbonyl (C=O) groups excluding carboxylic acids is 3. The molecule has 2 heterocycles. The van der Waals surface area contributed by atoms with Gasteiger partial charge in [0.25, 0.3) is 11.8 Å². The molecule has 0 aliphatic carbocycles. The monoisotopic (exact) mass is 674 g/mol. The second kappa shape index (κ2) is 14.1. The molecule has 2 aliphatic heterocycles. The van der Waals surface area contributed by atoms with Crippen molar-refractivity contribution in [2.45, 2.75) is 95.8 Å². The van der Waals surface area contributed by atoms with Crippen molar-refractivity contribution < 1.29 is 19.1 Å². The number of hydrogen-bond donors (Lipinski definition) is 1. The van der Waals surface area contributed by atoms with E-state index in [0.717, 1.165) is 28.0 Å². The van der Waals surface area contributed by atoms with E-state index in [1.807, 2.05) is 45.9 Å². The quantitative estimate of drug-likeness (QED) is 0.234. The van der Waals surface area contributed by atoms with E-state index in [-0.39, 0.29) is 28.2 Å². The lowest BCUT2D eigenvalue weighted by atomic mass is 9.81. The van der Waals surface area contributed by atoms with Crippen LogP contribution in [0.4, 0.5) is 11.4 Å². The summed E-state index contributed by atoms with van der Waals surface area (Å²) >= 11 is 8.13. The Labute approximate surface area is 286 Å². The number of amidine groups is 1. The van der Waals surface area contributed by atoms with Gasteiger partial charge >= 0.3 is 0 Å². The van der Waals surface area contributed by atoms with E-state index < -0.39 is 11.4 Å². The fourth-order valence-corrected chi connectivity index (χ4v) is 7.09. The number of rotatable bonds is 10. The lowest BCUT2D eigenvalue weighted by Gasteiger charge is -2.25. The standard InChI is InChI=1S/C37H43ClN4O4S/c1-8-29(46-30-16-13-25(20-23(30)4)37(6,7)9-2)35(44)39-26-14-15-28(27(38)21-26)42-36(45)33(34(40-42)41-18-10-11-32(41)43)47-31-17-12-22(3)19-24(31)5/h12-17,19-21,29,33H,8-11,18H2,1-7H3,(H,39,44). The maximum absolute atomic E-state index is 13.9. The highest BCUT2D eigenvalue weighted by Gasteiger charge is 2.43. The maximum Gasteiger partial charge on any atom is 0.268 e. The van der Waals surface area contributed by atoms with Gasteiger partial charge < -0.3 is 10.1 Å². The van der Waals surface area contributed by atoms with E-state index in [2.05, 4.69) is 49.4 Å². The van der Waals surface area contributed by atoms with Crippen LogP contribution >= 0.6 is 23.4 Å². The molecule has 2 atom stereocenters. The summed E-state index contributed by atoms with van der Waals surface area (Å²) in [4.78, 5) is 42.5. The minimum Gasteiger partial charge on any atom is -0.480 e. The molecule has 3 aromatic rings. The average Bonchev–Trinajstić information content (AvgIpc) is 3.59. The van der Waals surface area contributed by atoms with Crippen LogP contribution in [-0.4, -0.2) is 46.4 Å². The maximum atomic E-state index is 13.9. The minimum atomic E-state index is -0.717. The highest BCUT2D eigenvalue weighted by molar-refractivity contribution is 8.01. The van der Waals surface area contributed by atoms with Crippen LogP contribution in [0.25, 0.3) is 0 Å². The zero-order valence-electron chi connectivity index (χ0n) is 28.1. The van der Waals surface area contributed by atoms with Gasteiger partial charge in [0.15, 0.2) is 17.2 Å². The highest BCUT2D eigenvalue weighted by Crippen LogP contribution is 2.38. The molecule has 0 spiro atoms. The Hall–Kier alpha value is -3.82. The molecule has 0 radical (unpaired) electrons. The Balaban J connectivity index is 1.34. The van der Waals surface area contributed by atoms with E-state index in [9.17, 15) is 14.4 Å². The van der Waals surface area contributed by atoms with Crippen LogP contribution in [0.15, 0.2) is 64.6 Å². The molecule has 0 aromatic heterocycles. The van der Waals surface area contributed by atoms with Gasteiger partial charge in [-0.1, -0.05) is 69.1 Å². The third-order valence-corrected chi connectivity index (χ3v) is 10.7. The van der Waals surface area contributed by atoms with Gasteiger partial charge in [-0.3, -0.25) is 19.3 Å². The molecule has 2 unspecified atom stereocenters. The molecule has 1 fully saturated rings. The number of nitrogens with zero attached hydrogens (tertiary/aromatic N) is 3. The number of halogens is 1. The van der Waals surface area contributed by atoms with Crippen LogP contribution in [-0.2, 0) is 19.8 Å². The van der Waals surface area contributed by atoms with Crippen LogP contribution < -0.4 is 15.1 Å².